The van der Waals surface area contributed by atoms with E-state index in [1.165, 1.54) is 90.0 Å². The highest BCUT2D eigenvalue weighted by atomic mass is 15.2. The van der Waals surface area contributed by atoms with Gasteiger partial charge in [0.25, 0.3) is 0 Å². The van der Waals surface area contributed by atoms with Gasteiger partial charge in [0.2, 0.25) is 0 Å². The Balaban J connectivity index is 1.73. The van der Waals surface area contributed by atoms with E-state index in [1.807, 2.05) is 0 Å². The Morgan fingerprint density at radius 1 is 0.905 bits per heavy atom. The third kappa shape index (κ3) is 3.03. The first-order chi connectivity index (χ1) is 10.2. The number of hydrogen-bond acceptors (Lipinski definition) is 2. The zero-order chi connectivity index (χ0) is 14.8. The molecule has 0 bridgehead atoms. The molecule has 1 saturated heterocycles. The topological polar surface area (TPSA) is 29.3 Å². The summed E-state index contributed by atoms with van der Waals surface area (Å²) in [5, 5.41) is 0. The van der Waals surface area contributed by atoms with Crippen LogP contribution >= 0.6 is 0 Å². The van der Waals surface area contributed by atoms with E-state index in [2.05, 4.69) is 11.8 Å². The molecule has 1 heterocycles. The molecule has 3 rings (SSSR count). The lowest BCUT2D eigenvalue weighted by atomic mass is 9.65. The van der Waals surface area contributed by atoms with Crippen LogP contribution in [0.1, 0.15) is 90.4 Å². The SMILES string of the molecule is CCC1CCCCCN1C1(CN)CCC2(CCCC2)CC1. The average Bonchev–Trinajstić information content (AvgIpc) is 2.84. The smallest absolute Gasteiger partial charge is 0.0335 e. The Labute approximate surface area is 131 Å². The van der Waals surface area contributed by atoms with E-state index in [9.17, 15) is 0 Å². The van der Waals surface area contributed by atoms with Crippen LogP contribution in [0.3, 0.4) is 0 Å². The standard InChI is InChI=1S/C19H36N2/c1-2-17-8-4-3-7-15-21(17)19(16-20)13-11-18(12-14-19)9-5-6-10-18/h17H,2-16,20H2,1H3. The lowest BCUT2D eigenvalue weighted by Crippen LogP contribution is -2.59. The van der Waals surface area contributed by atoms with Crippen LogP contribution in [0.15, 0.2) is 0 Å². The largest absolute Gasteiger partial charge is 0.329 e. The summed E-state index contributed by atoms with van der Waals surface area (Å²) in [7, 11) is 0. The molecule has 2 heteroatoms. The molecule has 0 amide bonds. The number of nitrogens with two attached hydrogens (primary N) is 1. The molecule has 3 fully saturated rings. The minimum absolute atomic E-state index is 0.346. The van der Waals surface area contributed by atoms with E-state index in [0.717, 1.165) is 18.0 Å². The zero-order valence-electron chi connectivity index (χ0n) is 14.2. The Morgan fingerprint density at radius 3 is 2.24 bits per heavy atom. The summed E-state index contributed by atoms with van der Waals surface area (Å²) in [6.07, 6.45) is 18.6. The second kappa shape index (κ2) is 6.58. The van der Waals surface area contributed by atoms with Crippen molar-refractivity contribution in [1.29, 1.82) is 0 Å². The van der Waals surface area contributed by atoms with Gasteiger partial charge in [-0.3, -0.25) is 4.90 Å². The van der Waals surface area contributed by atoms with Gasteiger partial charge in [-0.2, -0.15) is 0 Å². The average molecular weight is 293 g/mol. The summed E-state index contributed by atoms with van der Waals surface area (Å²) in [4.78, 5) is 2.89. The molecule has 0 aromatic carbocycles. The van der Waals surface area contributed by atoms with Gasteiger partial charge in [0.1, 0.15) is 0 Å². The van der Waals surface area contributed by atoms with Gasteiger partial charge in [-0.15, -0.1) is 0 Å². The Kier molecular flexibility index (Phi) is 4.95. The van der Waals surface area contributed by atoms with Crippen molar-refractivity contribution in [1.82, 2.24) is 4.90 Å². The minimum Gasteiger partial charge on any atom is -0.329 e. The van der Waals surface area contributed by atoms with Crippen LogP contribution in [0.4, 0.5) is 0 Å². The van der Waals surface area contributed by atoms with Gasteiger partial charge in [0.15, 0.2) is 0 Å². The van der Waals surface area contributed by atoms with E-state index in [1.54, 1.807) is 0 Å². The molecule has 1 atom stereocenters. The van der Waals surface area contributed by atoms with Gasteiger partial charge in [0.05, 0.1) is 0 Å². The molecular formula is C19H36N2. The number of nitrogens with zero attached hydrogens (tertiary/aromatic N) is 1. The highest BCUT2D eigenvalue weighted by Crippen LogP contribution is 2.52. The van der Waals surface area contributed by atoms with Crippen LogP contribution in [-0.4, -0.2) is 29.6 Å². The summed E-state index contributed by atoms with van der Waals surface area (Å²) in [5.41, 5.74) is 7.46. The third-order valence-electron chi connectivity index (χ3n) is 7.24. The van der Waals surface area contributed by atoms with E-state index in [0.29, 0.717) is 5.54 Å². The van der Waals surface area contributed by atoms with Crippen LogP contribution in [-0.2, 0) is 0 Å². The van der Waals surface area contributed by atoms with Crippen molar-refractivity contribution >= 4 is 0 Å². The maximum Gasteiger partial charge on any atom is 0.0335 e. The predicted octanol–water partition coefficient (Wildman–Crippen LogP) is 4.47. The second-order valence-electron chi connectivity index (χ2n) is 8.24. The summed E-state index contributed by atoms with van der Waals surface area (Å²) in [5.74, 6) is 0. The highest BCUT2D eigenvalue weighted by molar-refractivity contribution is 5.03. The number of likely N-dealkylation sites (tertiary alicyclic amines) is 1. The third-order valence-corrected chi connectivity index (χ3v) is 7.24. The van der Waals surface area contributed by atoms with Crippen molar-refractivity contribution in [2.75, 3.05) is 13.1 Å². The molecule has 3 aliphatic rings. The van der Waals surface area contributed by atoms with E-state index in [-0.39, 0.29) is 0 Å². The van der Waals surface area contributed by atoms with E-state index in [4.69, 9.17) is 5.73 Å². The summed E-state index contributed by atoms with van der Waals surface area (Å²) < 4.78 is 0. The molecule has 1 spiro atoms. The van der Waals surface area contributed by atoms with E-state index >= 15 is 0 Å². The summed E-state index contributed by atoms with van der Waals surface area (Å²) >= 11 is 0. The van der Waals surface area contributed by atoms with Crippen molar-refractivity contribution in [3.63, 3.8) is 0 Å². The Bertz CT molecular complexity index is 322. The molecule has 1 aliphatic heterocycles. The molecule has 2 nitrogen and oxygen atoms in total. The van der Waals surface area contributed by atoms with E-state index < -0.39 is 0 Å². The molecule has 0 aromatic heterocycles. The number of hydrogen-bond donors (Lipinski definition) is 1. The zero-order valence-corrected chi connectivity index (χ0v) is 14.2. The van der Waals surface area contributed by atoms with Crippen molar-refractivity contribution in [3.05, 3.63) is 0 Å². The maximum atomic E-state index is 6.38. The van der Waals surface area contributed by atoms with Crippen molar-refractivity contribution < 1.29 is 0 Å². The van der Waals surface area contributed by atoms with Crippen molar-refractivity contribution in [3.8, 4) is 0 Å². The molecule has 21 heavy (non-hydrogen) atoms. The first kappa shape index (κ1) is 15.8. The minimum atomic E-state index is 0.346. The van der Waals surface area contributed by atoms with Crippen LogP contribution in [0.5, 0.6) is 0 Å². The fraction of sp³-hybridized carbons (Fsp3) is 1.00. The summed E-state index contributed by atoms with van der Waals surface area (Å²) in [6.45, 7) is 4.58. The molecule has 2 aliphatic carbocycles. The van der Waals surface area contributed by atoms with Gasteiger partial charge >= 0.3 is 0 Å². The molecule has 0 radical (unpaired) electrons. The van der Waals surface area contributed by atoms with Gasteiger partial charge in [-0.1, -0.05) is 32.6 Å². The van der Waals surface area contributed by atoms with Crippen molar-refractivity contribution in [2.45, 2.75) is 102 Å². The van der Waals surface area contributed by atoms with Crippen LogP contribution in [0.2, 0.25) is 0 Å². The molecule has 0 aromatic rings. The van der Waals surface area contributed by atoms with Gasteiger partial charge in [0, 0.05) is 18.1 Å². The van der Waals surface area contributed by atoms with Gasteiger partial charge in [-0.25, -0.2) is 0 Å². The Morgan fingerprint density at radius 2 is 1.62 bits per heavy atom. The van der Waals surface area contributed by atoms with Crippen LogP contribution in [0.25, 0.3) is 0 Å². The molecule has 122 valence electrons. The first-order valence-electron chi connectivity index (χ1n) is 9.70. The van der Waals surface area contributed by atoms with Gasteiger partial charge in [-0.05, 0) is 69.7 Å². The normalized spacial score (nSPS) is 33.1. The van der Waals surface area contributed by atoms with Crippen LogP contribution in [0, 0.1) is 5.41 Å². The maximum absolute atomic E-state index is 6.38. The van der Waals surface area contributed by atoms with Gasteiger partial charge < -0.3 is 5.73 Å². The fourth-order valence-electron chi connectivity index (χ4n) is 5.71. The Hall–Kier alpha value is -0.0800. The lowest BCUT2D eigenvalue weighted by Gasteiger charge is -2.53. The number of rotatable bonds is 3. The molecular weight excluding hydrogens is 256 g/mol. The summed E-state index contributed by atoms with van der Waals surface area (Å²) in [6, 6.07) is 0.800. The quantitative estimate of drug-likeness (QED) is 0.831. The molecule has 2 saturated carbocycles. The second-order valence-corrected chi connectivity index (χ2v) is 8.24. The lowest BCUT2D eigenvalue weighted by molar-refractivity contribution is -0.0134. The first-order valence-corrected chi connectivity index (χ1v) is 9.70. The fourth-order valence-corrected chi connectivity index (χ4v) is 5.71. The monoisotopic (exact) mass is 292 g/mol. The molecule has 2 N–H and O–H groups in total. The predicted molar refractivity (Wildman–Crippen MR) is 90.4 cm³/mol. The highest BCUT2D eigenvalue weighted by Gasteiger charge is 2.47. The van der Waals surface area contributed by atoms with Crippen LogP contribution < -0.4 is 5.73 Å². The van der Waals surface area contributed by atoms with Crippen molar-refractivity contribution in [2.24, 2.45) is 11.1 Å². The molecule has 1 unspecified atom stereocenters.